The molecule has 0 amide bonds. The van der Waals surface area contributed by atoms with Crippen LogP contribution in [0.4, 0.5) is 0 Å². The minimum Gasteiger partial charge on any atom is -0.467 e. The van der Waals surface area contributed by atoms with Crippen molar-refractivity contribution in [1.82, 2.24) is 15.0 Å². The molecule has 0 fully saturated rings. The third kappa shape index (κ3) is 4.53. The normalized spacial score (nSPS) is 14.7. The second kappa shape index (κ2) is 11.9. The molecule has 252 valence electrons. The molecule has 0 N–H and O–H groups in total. The maximum Gasteiger partial charge on any atom is 0.164 e. The molecule has 54 heavy (non-hydrogen) atoms. The third-order valence-electron chi connectivity index (χ3n) is 11.1. The number of benzene rings is 7. The Morgan fingerprint density at radius 2 is 0.722 bits per heavy atom. The molecule has 2 heterocycles. The fraction of sp³-hybridized carbons (Fsp3) is 0.0200. The van der Waals surface area contributed by atoms with Crippen molar-refractivity contribution >= 4 is 0 Å². The van der Waals surface area contributed by atoms with Crippen LogP contribution in [0.3, 0.4) is 0 Å². The van der Waals surface area contributed by atoms with E-state index in [4.69, 9.17) is 19.4 Å². The Hall–Kier alpha value is -7.17. The highest BCUT2D eigenvalue weighted by Crippen LogP contribution is 2.63. The molecule has 1 unspecified atom stereocenters. The monoisotopic (exact) mass is 689 g/mol. The van der Waals surface area contributed by atoms with Gasteiger partial charge >= 0.3 is 0 Å². The van der Waals surface area contributed by atoms with E-state index in [0.29, 0.717) is 17.5 Å². The summed E-state index contributed by atoms with van der Waals surface area (Å²) in [7, 11) is 0. The molecule has 1 spiro atoms. The van der Waals surface area contributed by atoms with Crippen molar-refractivity contribution in [2.45, 2.75) is 5.41 Å². The number of aromatic nitrogens is 3. The van der Waals surface area contributed by atoms with Crippen molar-refractivity contribution < 1.29 is 4.42 Å². The van der Waals surface area contributed by atoms with Crippen LogP contribution in [0.2, 0.25) is 0 Å². The Labute approximate surface area is 313 Å². The van der Waals surface area contributed by atoms with E-state index >= 15 is 0 Å². The van der Waals surface area contributed by atoms with Gasteiger partial charge in [0.25, 0.3) is 0 Å². The molecule has 0 radical (unpaired) electrons. The highest BCUT2D eigenvalue weighted by molar-refractivity contribution is 5.94. The van der Waals surface area contributed by atoms with Crippen LogP contribution in [0.1, 0.15) is 22.5 Å². The molecule has 2 aliphatic rings. The van der Waals surface area contributed by atoms with Gasteiger partial charge in [-0.15, -0.1) is 0 Å². The molecule has 0 aliphatic heterocycles. The number of hydrogen-bond acceptors (Lipinski definition) is 4. The van der Waals surface area contributed by atoms with Gasteiger partial charge in [-0.1, -0.05) is 170 Å². The Kier molecular flexibility index (Phi) is 6.73. The first-order valence-electron chi connectivity index (χ1n) is 18.3. The SMILES string of the molecule is c1ccc(-c2ccc(-c3nc(-c4ccc(-c5ccccc5)cc4)nc(-c4ccc5c(c4)C4(c6ccccc6-5)c5ccccc5-c5ccoc54)n3)cc2)cc1. The van der Waals surface area contributed by atoms with Crippen LogP contribution in [-0.4, -0.2) is 15.0 Å². The lowest BCUT2D eigenvalue weighted by Gasteiger charge is -2.28. The number of rotatable bonds is 5. The molecule has 0 saturated heterocycles. The van der Waals surface area contributed by atoms with E-state index in [9.17, 15) is 0 Å². The van der Waals surface area contributed by atoms with Crippen molar-refractivity contribution in [1.29, 1.82) is 0 Å². The van der Waals surface area contributed by atoms with Gasteiger partial charge in [-0.25, -0.2) is 15.0 Å². The van der Waals surface area contributed by atoms with Crippen molar-refractivity contribution in [3.8, 4) is 78.7 Å². The molecule has 2 aliphatic carbocycles. The molecule has 2 aromatic heterocycles. The van der Waals surface area contributed by atoms with Gasteiger partial charge in [-0.2, -0.15) is 0 Å². The van der Waals surface area contributed by atoms with E-state index in [-0.39, 0.29) is 0 Å². The molecule has 7 aromatic carbocycles. The van der Waals surface area contributed by atoms with Gasteiger partial charge in [-0.05, 0) is 67.8 Å². The van der Waals surface area contributed by atoms with E-state index in [1.807, 2.05) is 18.4 Å². The van der Waals surface area contributed by atoms with Crippen molar-refractivity contribution in [3.63, 3.8) is 0 Å². The van der Waals surface area contributed by atoms with Crippen LogP contribution in [0.25, 0.3) is 78.7 Å². The van der Waals surface area contributed by atoms with E-state index in [2.05, 4.69) is 170 Å². The van der Waals surface area contributed by atoms with Crippen LogP contribution in [-0.2, 0) is 5.41 Å². The molecule has 9 aromatic rings. The van der Waals surface area contributed by atoms with Crippen LogP contribution < -0.4 is 0 Å². The number of furan rings is 1. The maximum absolute atomic E-state index is 6.45. The van der Waals surface area contributed by atoms with Crippen molar-refractivity contribution in [2.75, 3.05) is 0 Å². The Morgan fingerprint density at radius 3 is 1.28 bits per heavy atom. The summed E-state index contributed by atoms with van der Waals surface area (Å²) in [6.07, 6.45) is 1.82. The first-order valence-corrected chi connectivity index (χ1v) is 18.3. The van der Waals surface area contributed by atoms with Crippen molar-refractivity contribution in [2.24, 2.45) is 0 Å². The lowest BCUT2D eigenvalue weighted by Crippen LogP contribution is -2.25. The van der Waals surface area contributed by atoms with Gasteiger partial charge in [0, 0.05) is 22.3 Å². The van der Waals surface area contributed by atoms with Crippen LogP contribution in [0, 0.1) is 0 Å². The topological polar surface area (TPSA) is 51.8 Å². The summed E-state index contributed by atoms with van der Waals surface area (Å²) in [5.74, 6) is 2.83. The molecule has 4 heteroatoms. The van der Waals surface area contributed by atoms with Gasteiger partial charge in [0.15, 0.2) is 17.5 Å². The molecular formula is C50H31N3O. The van der Waals surface area contributed by atoms with Crippen LogP contribution >= 0.6 is 0 Å². The van der Waals surface area contributed by atoms with Gasteiger partial charge in [0.2, 0.25) is 0 Å². The Balaban J connectivity index is 1.09. The molecule has 0 bridgehead atoms. The van der Waals surface area contributed by atoms with Gasteiger partial charge < -0.3 is 4.42 Å². The minimum absolute atomic E-state index is 0.587. The summed E-state index contributed by atoms with van der Waals surface area (Å²) in [6, 6.07) is 64.0. The fourth-order valence-corrected chi connectivity index (χ4v) is 8.58. The number of hydrogen-bond donors (Lipinski definition) is 0. The molecular weight excluding hydrogens is 659 g/mol. The summed E-state index contributed by atoms with van der Waals surface area (Å²) in [5.41, 5.74) is 15.2. The molecule has 11 rings (SSSR count). The lowest BCUT2D eigenvalue weighted by atomic mass is 9.73. The first-order chi connectivity index (χ1) is 26.8. The maximum atomic E-state index is 6.45. The van der Waals surface area contributed by atoms with E-state index < -0.39 is 5.41 Å². The number of fused-ring (bicyclic) bond motifs is 10. The second-order valence-electron chi connectivity index (χ2n) is 14.0. The average Bonchev–Trinajstić information content (AvgIpc) is 3.93. The molecule has 0 saturated carbocycles. The van der Waals surface area contributed by atoms with E-state index in [1.165, 1.54) is 44.5 Å². The summed E-state index contributed by atoms with van der Waals surface area (Å²) < 4.78 is 6.45. The summed E-state index contributed by atoms with van der Waals surface area (Å²) in [6.45, 7) is 0. The number of nitrogens with zero attached hydrogens (tertiary/aromatic N) is 3. The molecule has 4 nitrogen and oxygen atoms in total. The predicted octanol–water partition coefficient (Wildman–Crippen LogP) is 12.1. The summed E-state index contributed by atoms with van der Waals surface area (Å²) in [5, 5.41) is 0. The zero-order valence-corrected chi connectivity index (χ0v) is 29.1. The van der Waals surface area contributed by atoms with E-state index in [1.54, 1.807) is 0 Å². The standard InChI is InChI=1S/C50H31N3O/c1-3-11-32(12-4-1)34-19-23-36(24-20-34)47-51-48(37-25-21-35(22-26-37)33-13-5-2-6-14-33)53-49(52-47)38-27-28-41-39-15-7-9-17-43(39)50(45(41)31-38)44-18-10-8-16-40(44)42-29-30-54-46(42)50/h1-31H. The zero-order chi connectivity index (χ0) is 35.6. The quantitative estimate of drug-likeness (QED) is 0.180. The third-order valence-corrected chi connectivity index (χ3v) is 11.1. The second-order valence-corrected chi connectivity index (χ2v) is 14.0. The van der Waals surface area contributed by atoms with Crippen LogP contribution in [0.15, 0.2) is 193 Å². The Bertz CT molecular complexity index is 2760. The Morgan fingerprint density at radius 1 is 0.315 bits per heavy atom. The summed E-state index contributed by atoms with van der Waals surface area (Å²) >= 11 is 0. The lowest BCUT2D eigenvalue weighted by molar-refractivity contribution is 0.474. The van der Waals surface area contributed by atoms with Gasteiger partial charge in [-0.3, -0.25) is 0 Å². The largest absolute Gasteiger partial charge is 0.467 e. The molecule has 1 atom stereocenters. The minimum atomic E-state index is -0.587. The van der Waals surface area contributed by atoms with Crippen LogP contribution in [0.5, 0.6) is 0 Å². The summed E-state index contributed by atoms with van der Waals surface area (Å²) in [4.78, 5) is 15.5. The first kappa shape index (κ1) is 30.5. The van der Waals surface area contributed by atoms with E-state index in [0.717, 1.165) is 39.1 Å². The van der Waals surface area contributed by atoms with Gasteiger partial charge in [0.1, 0.15) is 11.2 Å². The smallest absolute Gasteiger partial charge is 0.164 e. The highest BCUT2D eigenvalue weighted by atomic mass is 16.3. The van der Waals surface area contributed by atoms with Crippen molar-refractivity contribution in [3.05, 3.63) is 211 Å². The highest BCUT2D eigenvalue weighted by Gasteiger charge is 2.54. The predicted molar refractivity (Wildman–Crippen MR) is 216 cm³/mol. The zero-order valence-electron chi connectivity index (χ0n) is 29.1. The fourth-order valence-electron chi connectivity index (χ4n) is 8.58. The average molecular weight is 690 g/mol. The van der Waals surface area contributed by atoms with Gasteiger partial charge in [0.05, 0.1) is 6.26 Å².